The molecule has 0 saturated heterocycles. The quantitative estimate of drug-likeness (QED) is 0.640. The summed E-state index contributed by atoms with van der Waals surface area (Å²) in [6, 6.07) is 5.52. The van der Waals surface area contributed by atoms with Crippen molar-refractivity contribution in [3.05, 3.63) is 58.6 Å². The number of furan rings is 1. The molecule has 3 heterocycles. The fourth-order valence-corrected chi connectivity index (χ4v) is 3.84. The van der Waals surface area contributed by atoms with Crippen LogP contribution >= 0.6 is 0 Å². The molecule has 0 bridgehead atoms. The van der Waals surface area contributed by atoms with Crippen molar-refractivity contribution in [3.63, 3.8) is 0 Å². The molecule has 7 nitrogen and oxygen atoms in total. The second-order valence-corrected chi connectivity index (χ2v) is 7.82. The molecule has 3 aromatic rings. The first kappa shape index (κ1) is 21.7. The molecule has 0 fully saturated rings. The summed E-state index contributed by atoms with van der Waals surface area (Å²) in [5.41, 5.74) is 7.18. The first-order valence-corrected chi connectivity index (χ1v) is 9.98. The second kappa shape index (κ2) is 7.85. The van der Waals surface area contributed by atoms with Crippen molar-refractivity contribution in [1.29, 1.82) is 0 Å². The molecule has 3 N–H and O–H groups in total. The Morgan fingerprint density at radius 2 is 2.00 bits per heavy atom. The predicted molar refractivity (Wildman–Crippen MR) is 111 cm³/mol. The second-order valence-electron chi connectivity index (χ2n) is 7.82. The van der Waals surface area contributed by atoms with Gasteiger partial charge in [-0.1, -0.05) is 0 Å². The number of nitrogens with zero attached hydrogens (tertiary/aromatic N) is 2. The highest BCUT2D eigenvalue weighted by molar-refractivity contribution is 6.09. The van der Waals surface area contributed by atoms with Crippen molar-refractivity contribution in [2.24, 2.45) is 5.73 Å². The molecule has 168 valence electrons. The Kier molecular flexibility index (Phi) is 5.31. The van der Waals surface area contributed by atoms with Crippen LogP contribution in [-0.4, -0.2) is 29.4 Å². The number of fused-ring (bicyclic) bond motifs is 2. The van der Waals surface area contributed by atoms with Crippen LogP contribution in [0.1, 0.15) is 39.9 Å². The fraction of sp³-hybridized carbons (Fsp3) is 0.318. The van der Waals surface area contributed by atoms with Crippen molar-refractivity contribution >= 4 is 28.5 Å². The predicted octanol–water partition coefficient (Wildman–Crippen LogP) is 3.32. The Balaban J connectivity index is 1.66. The standard InChI is InChI=1S/C22H21F3N4O3/c1-11(20(26)30)28-21(31)19-12(2)32-17-4-3-15(8-16(17)19)29-6-5-13-9-27-18(22(23,24)25)7-14(13)10-29/h3-4,7-9,11H,5-6,10H2,1-2H3,(H2,26,30)(H,28,31)/t11-/m0/s1. The van der Waals surface area contributed by atoms with Crippen LogP contribution in [0.3, 0.4) is 0 Å². The number of anilines is 1. The lowest BCUT2D eigenvalue weighted by molar-refractivity contribution is -0.141. The number of nitrogens with one attached hydrogen (secondary N) is 1. The van der Waals surface area contributed by atoms with E-state index in [0.717, 1.165) is 17.3 Å². The third kappa shape index (κ3) is 4.00. The summed E-state index contributed by atoms with van der Waals surface area (Å²) in [6.45, 7) is 4.00. The van der Waals surface area contributed by atoms with E-state index in [9.17, 15) is 22.8 Å². The molecule has 0 unspecified atom stereocenters. The van der Waals surface area contributed by atoms with Gasteiger partial charge >= 0.3 is 6.18 Å². The maximum atomic E-state index is 13.1. The van der Waals surface area contributed by atoms with Gasteiger partial charge in [-0.15, -0.1) is 0 Å². The minimum Gasteiger partial charge on any atom is -0.461 e. The number of pyridine rings is 1. The van der Waals surface area contributed by atoms with Crippen molar-refractivity contribution in [3.8, 4) is 0 Å². The van der Waals surface area contributed by atoms with Crippen LogP contribution in [0.15, 0.2) is 34.9 Å². The van der Waals surface area contributed by atoms with Gasteiger partial charge in [-0.3, -0.25) is 14.6 Å². The first-order valence-electron chi connectivity index (χ1n) is 9.98. The molecule has 4 rings (SSSR count). The minimum absolute atomic E-state index is 0.281. The average molecular weight is 446 g/mol. The summed E-state index contributed by atoms with van der Waals surface area (Å²) >= 11 is 0. The highest BCUT2D eigenvalue weighted by atomic mass is 19.4. The van der Waals surface area contributed by atoms with E-state index in [4.69, 9.17) is 10.2 Å². The molecule has 0 saturated carbocycles. The number of amides is 2. The molecule has 1 aliphatic heterocycles. The van der Waals surface area contributed by atoms with E-state index in [1.54, 1.807) is 25.1 Å². The average Bonchev–Trinajstić information content (AvgIpc) is 3.07. The highest BCUT2D eigenvalue weighted by Crippen LogP contribution is 2.34. The fourth-order valence-electron chi connectivity index (χ4n) is 3.84. The van der Waals surface area contributed by atoms with Crippen LogP contribution in [0.5, 0.6) is 0 Å². The summed E-state index contributed by atoms with van der Waals surface area (Å²) in [5.74, 6) is -0.769. The number of halogens is 3. The topological polar surface area (TPSA) is 101 Å². The molecule has 0 radical (unpaired) electrons. The van der Waals surface area contributed by atoms with Crippen LogP contribution in [0, 0.1) is 6.92 Å². The molecule has 1 aromatic carbocycles. The molecule has 1 aliphatic rings. The molecule has 32 heavy (non-hydrogen) atoms. The number of primary amides is 1. The van der Waals surface area contributed by atoms with Crippen LogP contribution in [-0.2, 0) is 23.9 Å². The summed E-state index contributed by atoms with van der Waals surface area (Å²) < 4.78 is 44.9. The van der Waals surface area contributed by atoms with Crippen LogP contribution < -0.4 is 16.0 Å². The van der Waals surface area contributed by atoms with Crippen LogP contribution in [0.2, 0.25) is 0 Å². The van der Waals surface area contributed by atoms with Crippen molar-refractivity contribution in [2.45, 2.75) is 39.0 Å². The normalized spacial score (nSPS) is 14.8. The number of alkyl halides is 3. The number of benzene rings is 1. The lowest BCUT2D eigenvalue weighted by Crippen LogP contribution is -2.42. The number of aryl methyl sites for hydroxylation is 1. The lowest BCUT2D eigenvalue weighted by Gasteiger charge is -2.31. The monoisotopic (exact) mass is 446 g/mol. The van der Waals surface area contributed by atoms with E-state index in [0.29, 0.717) is 35.3 Å². The third-order valence-electron chi connectivity index (χ3n) is 5.60. The van der Waals surface area contributed by atoms with E-state index in [1.165, 1.54) is 13.1 Å². The Morgan fingerprint density at radius 3 is 2.69 bits per heavy atom. The van der Waals surface area contributed by atoms with Gasteiger partial charge in [-0.2, -0.15) is 13.2 Å². The van der Waals surface area contributed by atoms with E-state index in [2.05, 4.69) is 10.3 Å². The van der Waals surface area contributed by atoms with E-state index in [-0.39, 0.29) is 12.1 Å². The van der Waals surface area contributed by atoms with Gasteiger partial charge in [0, 0.05) is 30.4 Å². The number of nitrogens with two attached hydrogens (primary N) is 1. The van der Waals surface area contributed by atoms with Crippen LogP contribution in [0.25, 0.3) is 11.0 Å². The maximum Gasteiger partial charge on any atom is 0.433 e. The number of carbonyl (C=O) groups is 2. The van der Waals surface area contributed by atoms with Gasteiger partial charge in [0.05, 0.1) is 5.56 Å². The van der Waals surface area contributed by atoms with Gasteiger partial charge in [-0.05, 0) is 55.7 Å². The number of carbonyl (C=O) groups excluding carboxylic acids is 2. The van der Waals surface area contributed by atoms with Gasteiger partial charge in [-0.25, -0.2) is 0 Å². The van der Waals surface area contributed by atoms with Gasteiger partial charge in [0.15, 0.2) is 0 Å². The lowest BCUT2D eigenvalue weighted by atomic mass is 10.00. The van der Waals surface area contributed by atoms with Crippen LogP contribution in [0.4, 0.5) is 18.9 Å². The first-order chi connectivity index (χ1) is 15.0. The smallest absolute Gasteiger partial charge is 0.433 e. The molecule has 2 aromatic heterocycles. The largest absolute Gasteiger partial charge is 0.461 e. The van der Waals surface area contributed by atoms with Crippen molar-refractivity contribution in [2.75, 3.05) is 11.4 Å². The Bertz CT molecular complexity index is 1220. The summed E-state index contributed by atoms with van der Waals surface area (Å²) in [5, 5.41) is 3.09. The van der Waals surface area contributed by atoms with Crippen molar-refractivity contribution < 1.29 is 27.2 Å². The molecular formula is C22H21F3N4O3. The number of aromatic nitrogens is 1. The summed E-state index contributed by atoms with van der Waals surface area (Å²) in [7, 11) is 0. The number of hydrogen-bond donors (Lipinski definition) is 2. The SMILES string of the molecule is Cc1oc2ccc(N3CCc4cnc(C(F)(F)F)cc4C3)cc2c1C(=O)N[C@@H](C)C(N)=O. The van der Waals surface area contributed by atoms with Gasteiger partial charge in [0.25, 0.3) is 5.91 Å². The molecule has 0 spiro atoms. The maximum absolute atomic E-state index is 13.1. The van der Waals surface area contributed by atoms with E-state index in [1.807, 2.05) is 4.90 Å². The molecule has 1 atom stereocenters. The minimum atomic E-state index is -4.51. The van der Waals surface area contributed by atoms with Gasteiger partial charge in [0.1, 0.15) is 23.1 Å². The van der Waals surface area contributed by atoms with E-state index < -0.39 is 29.7 Å². The zero-order valence-electron chi connectivity index (χ0n) is 17.4. The summed E-state index contributed by atoms with van der Waals surface area (Å²) in [6.07, 6.45) is -2.66. The number of rotatable bonds is 4. The zero-order valence-corrected chi connectivity index (χ0v) is 17.4. The third-order valence-corrected chi connectivity index (χ3v) is 5.60. The molecule has 2 amide bonds. The molecular weight excluding hydrogens is 425 g/mol. The van der Waals surface area contributed by atoms with Gasteiger partial charge < -0.3 is 20.4 Å². The number of hydrogen-bond acceptors (Lipinski definition) is 5. The Hall–Kier alpha value is -3.56. The zero-order chi connectivity index (χ0) is 23.2. The van der Waals surface area contributed by atoms with Gasteiger partial charge in [0.2, 0.25) is 5.91 Å². The molecule has 10 heteroatoms. The Labute approximate surface area is 181 Å². The van der Waals surface area contributed by atoms with Crippen molar-refractivity contribution in [1.82, 2.24) is 10.3 Å². The highest BCUT2D eigenvalue weighted by Gasteiger charge is 2.33. The Morgan fingerprint density at radius 1 is 1.25 bits per heavy atom. The van der Waals surface area contributed by atoms with E-state index >= 15 is 0 Å². The molecule has 0 aliphatic carbocycles. The summed E-state index contributed by atoms with van der Waals surface area (Å²) in [4.78, 5) is 29.5.